The van der Waals surface area contributed by atoms with Gasteiger partial charge in [0, 0.05) is 12.0 Å². The van der Waals surface area contributed by atoms with Gasteiger partial charge in [-0.05, 0) is 43.0 Å². The number of hydrogen-bond acceptors (Lipinski definition) is 6. The van der Waals surface area contributed by atoms with Gasteiger partial charge in [0.2, 0.25) is 0 Å². The minimum absolute atomic E-state index is 0.0239. The number of rotatable bonds is 8. The highest BCUT2D eigenvalue weighted by atomic mass is 19.3. The Morgan fingerprint density at radius 1 is 0.761 bits per heavy atom. The number of hydrogen-bond donors (Lipinski definition) is 0. The van der Waals surface area contributed by atoms with Crippen LogP contribution >= 0.6 is 0 Å². The molecule has 5 rings (SSSR count). The lowest BCUT2D eigenvalue weighted by atomic mass is 9.89. The van der Waals surface area contributed by atoms with Crippen molar-refractivity contribution in [3.05, 3.63) is 143 Å². The molecule has 1 aliphatic rings. The van der Waals surface area contributed by atoms with Crippen LogP contribution in [0.25, 0.3) is 0 Å². The maximum absolute atomic E-state index is 14.9. The van der Waals surface area contributed by atoms with Gasteiger partial charge in [-0.25, -0.2) is 14.4 Å². The lowest BCUT2D eigenvalue weighted by Crippen LogP contribution is -2.55. The summed E-state index contributed by atoms with van der Waals surface area (Å²) in [5.41, 5.74) is 1.01. The van der Waals surface area contributed by atoms with Crippen molar-refractivity contribution >= 4 is 18.0 Å². The topological polar surface area (TPSA) is 82.1 Å². The lowest BCUT2D eigenvalue weighted by molar-refractivity contribution is -0.185. The molecule has 0 aromatic heterocycles. The third-order valence-corrected chi connectivity index (χ3v) is 7.52. The predicted octanol–water partition coefficient (Wildman–Crippen LogP) is 7.71. The van der Waals surface area contributed by atoms with Crippen molar-refractivity contribution in [2.45, 2.75) is 63.5 Å². The van der Waals surface area contributed by atoms with Gasteiger partial charge in [-0.15, -0.1) is 0 Å². The second-order valence-electron chi connectivity index (χ2n) is 12.1. The van der Waals surface area contributed by atoms with Crippen molar-refractivity contribution in [3.8, 4) is 0 Å². The van der Waals surface area contributed by atoms with Crippen LogP contribution in [0.1, 0.15) is 60.7 Å². The molecule has 0 bridgehead atoms. The molecule has 0 spiro atoms. The van der Waals surface area contributed by atoms with Gasteiger partial charge in [0.1, 0.15) is 24.3 Å². The van der Waals surface area contributed by atoms with Gasteiger partial charge in [0.05, 0.1) is 0 Å². The maximum atomic E-state index is 14.9. The zero-order chi connectivity index (χ0) is 32.9. The first-order valence-electron chi connectivity index (χ1n) is 14.9. The van der Waals surface area contributed by atoms with Crippen LogP contribution in [0.2, 0.25) is 0 Å². The van der Waals surface area contributed by atoms with E-state index in [1.54, 1.807) is 0 Å². The summed E-state index contributed by atoms with van der Waals surface area (Å²) >= 11 is 0. The third-order valence-electron chi connectivity index (χ3n) is 7.52. The maximum Gasteiger partial charge on any atom is 0.411 e. The lowest BCUT2D eigenvalue weighted by Gasteiger charge is -2.44. The summed E-state index contributed by atoms with van der Waals surface area (Å²) in [7, 11) is 0. The summed E-state index contributed by atoms with van der Waals surface area (Å²) in [6.45, 7) is 4.50. The molecule has 0 unspecified atom stereocenters. The number of nitrogens with zero attached hydrogens (tertiary/aromatic N) is 1. The smallest absolute Gasteiger partial charge is 0.411 e. The Kier molecular flexibility index (Phi) is 9.51. The second kappa shape index (κ2) is 13.5. The number of esters is 2. The molecule has 1 saturated heterocycles. The van der Waals surface area contributed by atoms with Crippen LogP contribution in [-0.2, 0) is 42.7 Å². The molecule has 0 radical (unpaired) electrons. The van der Waals surface area contributed by atoms with E-state index < -0.39 is 53.3 Å². The number of amides is 1. The number of carbonyl (C=O) groups is 3. The molecule has 1 heterocycles. The number of benzene rings is 4. The van der Waals surface area contributed by atoms with Crippen LogP contribution in [0.5, 0.6) is 0 Å². The Morgan fingerprint density at radius 3 is 1.87 bits per heavy atom. The quantitative estimate of drug-likeness (QED) is 0.147. The number of morpholine rings is 1. The van der Waals surface area contributed by atoms with Crippen molar-refractivity contribution in [1.82, 2.24) is 4.90 Å². The van der Waals surface area contributed by atoms with Crippen molar-refractivity contribution in [2.75, 3.05) is 0 Å². The SMILES string of the molecule is CC(C)(C)OC(=O)C(F)(F)c1ccc(C[C@@H]2C(=O)O[C@H](c3ccccc3)[C@H](c3ccccc3)N2C(=O)OCc2ccccc2)cc1. The van der Waals surface area contributed by atoms with Gasteiger partial charge in [-0.1, -0.05) is 115 Å². The first-order valence-corrected chi connectivity index (χ1v) is 14.9. The van der Waals surface area contributed by atoms with Crippen molar-refractivity contribution < 1.29 is 37.4 Å². The van der Waals surface area contributed by atoms with Gasteiger partial charge in [-0.3, -0.25) is 4.90 Å². The molecular formula is C37H35F2NO6. The van der Waals surface area contributed by atoms with E-state index in [0.29, 0.717) is 11.1 Å². The summed E-state index contributed by atoms with van der Waals surface area (Å²) < 4.78 is 46.6. The fourth-order valence-electron chi connectivity index (χ4n) is 5.35. The average molecular weight is 628 g/mol. The highest BCUT2D eigenvalue weighted by Crippen LogP contribution is 2.43. The monoisotopic (exact) mass is 627 g/mol. The Bertz CT molecular complexity index is 1640. The van der Waals surface area contributed by atoms with Crippen LogP contribution in [0.4, 0.5) is 13.6 Å². The first kappa shape index (κ1) is 32.3. The highest BCUT2D eigenvalue weighted by molar-refractivity contribution is 5.84. The number of halogens is 2. The van der Waals surface area contributed by atoms with Crippen molar-refractivity contribution in [3.63, 3.8) is 0 Å². The van der Waals surface area contributed by atoms with E-state index in [2.05, 4.69) is 0 Å². The first-order chi connectivity index (χ1) is 21.9. The summed E-state index contributed by atoms with van der Waals surface area (Å²) in [4.78, 5) is 41.4. The van der Waals surface area contributed by atoms with Crippen LogP contribution in [0.3, 0.4) is 0 Å². The minimum Gasteiger partial charge on any atom is -0.455 e. The highest BCUT2D eigenvalue weighted by Gasteiger charge is 2.49. The Labute approximate surface area is 266 Å². The largest absolute Gasteiger partial charge is 0.455 e. The molecule has 0 aliphatic carbocycles. The van der Waals surface area contributed by atoms with Crippen LogP contribution in [0, 0.1) is 0 Å². The normalized spacial score (nSPS) is 18.4. The molecule has 46 heavy (non-hydrogen) atoms. The molecule has 4 aromatic carbocycles. The number of ether oxygens (including phenoxy) is 3. The van der Waals surface area contributed by atoms with E-state index >= 15 is 0 Å². The summed E-state index contributed by atoms with van der Waals surface area (Å²) in [5, 5.41) is 0. The molecule has 9 heteroatoms. The fourth-order valence-corrected chi connectivity index (χ4v) is 5.35. The number of carbonyl (C=O) groups excluding carboxylic acids is 3. The number of alkyl halides is 2. The van der Waals surface area contributed by atoms with E-state index in [1.807, 2.05) is 91.0 Å². The summed E-state index contributed by atoms with van der Waals surface area (Å²) in [5.74, 6) is -6.21. The molecule has 0 saturated carbocycles. The Hall–Kier alpha value is -5.05. The summed E-state index contributed by atoms with van der Waals surface area (Å²) in [6.07, 6.45) is -1.62. The zero-order valence-corrected chi connectivity index (χ0v) is 25.8. The van der Waals surface area contributed by atoms with E-state index in [-0.39, 0.29) is 13.0 Å². The fraction of sp³-hybridized carbons (Fsp3) is 0.270. The molecule has 238 valence electrons. The van der Waals surface area contributed by atoms with Gasteiger partial charge in [0.15, 0.2) is 6.10 Å². The molecule has 4 aromatic rings. The molecule has 7 nitrogen and oxygen atoms in total. The van der Waals surface area contributed by atoms with E-state index in [1.165, 1.54) is 37.8 Å². The van der Waals surface area contributed by atoms with Crippen LogP contribution < -0.4 is 0 Å². The van der Waals surface area contributed by atoms with Gasteiger partial charge in [0.25, 0.3) is 0 Å². The van der Waals surface area contributed by atoms with E-state index in [0.717, 1.165) is 23.3 Å². The van der Waals surface area contributed by atoms with Gasteiger partial charge < -0.3 is 14.2 Å². The standard InChI is InChI=1S/C37H35F2NO6/c1-36(2,3)46-34(42)37(38,39)29-21-19-25(20-22-29)23-30-33(41)45-32(28-17-11-6-12-18-28)31(27-15-9-5-10-16-27)40(30)35(43)44-24-26-13-7-4-8-14-26/h4-22,30-32H,23-24H2,1-3H3/t30-,31+,32-/m1/s1. The Morgan fingerprint density at radius 2 is 1.30 bits per heavy atom. The van der Waals surface area contributed by atoms with Crippen LogP contribution in [0.15, 0.2) is 115 Å². The van der Waals surface area contributed by atoms with E-state index in [4.69, 9.17) is 14.2 Å². The second-order valence-corrected chi connectivity index (χ2v) is 12.1. The minimum atomic E-state index is -3.88. The zero-order valence-electron chi connectivity index (χ0n) is 25.8. The van der Waals surface area contributed by atoms with Gasteiger partial charge >= 0.3 is 24.0 Å². The number of cyclic esters (lactones) is 1. The molecule has 0 N–H and O–H groups in total. The molecule has 1 fully saturated rings. The van der Waals surface area contributed by atoms with Crippen molar-refractivity contribution in [1.29, 1.82) is 0 Å². The molecule has 1 amide bonds. The predicted molar refractivity (Wildman–Crippen MR) is 167 cm³/mol. The van der Waals surface area contributed by atoms with Crippen molar-refractivity contribution in [2.24, 2.45) is 0 Å². The third kappa shape index (κ3) is 7.42. The Balaban J connectivity index is 1.49. The average Bonchev–Trinajstić information content (AvgIpc) is 3.05. The molecule has 1 aliphatic heterocycles. The molecular weight excluding hydrogens is 592 g/mol. The van der Waals surface area contributed by atoms with Gasteiger partial charge in [-0.2, -0.15) is 8.78 Å². The van der Waals surface area contributed by atoms with Crippen LogP contribution in [-0.4, -0.2) is 34.6 Å². The van der Waals surface area contributed by atoms with E-state index in [9.17, 15) is 23.2 Å². The summed E-state index contributed by atoms with van der Waals surface area (Å²) in [6, 6.07) is 30.6. The molecule has 3 atom stereocenters.